The summed E-state index contributed by atoms with van der Waals surface area (Å²) >= 11 is 0. The fourth-order valence-electron chi connectivity index (χ4n) is 2.55. The van der Waals surface area contributed by atoms with Crippen molar-refractivity contribution in [3.8, 4) is 0 Å². The maximum atomic E-state index is 12.3. The van der Waals surface area contributed by atoms with Gasteiger partial charge in [0.15, 0.2) is 5.78 Å². The van der Waals surface area contributed by atoms with E-state index < -0.39 is 0 Å². The Balaban J connectivity index is 2.19. The van der Waals surface area contributed by atoms with Crippen LogP contribution in [0, 0.1) is 5.41 Å². The highest BCUT2D eigenvalue weighted by molar-refractivity contribution is 6.04. The second kappa shape index (κ2) is 4.92. The maximum absolute atomic E-state index is 12.3. The fraction of sp³-hybridized carbons (Fsp3) is 0.467. The number of anilines is 1. The Hall–Kier alpha value is -1.64. The molecule has 1 N–H and O–H groups in total. The Morgan fingerprint density at radius 2 is 1.78 bits per heavy atom. The summed E-state index contributed by atoms with van der Waals surface area (Å²) in [5.74, 6) is 0.0103. The number of hydrogen-bond acceptors (Lipinski definition) is 2. The van der Waals surface area contributed by atoms with Crippen molar-refractivity contribution >= 4 is 17.4 Å². The molecule has 1 fully saturated rings. The highest BCUT2D eigenvalue weighted by Crippen LogP contribution is 2.38. The van der Waals surface area contributed by atoms with E-state index in [1.54, 1.807) is 12.1 Å². The summed E-state index contributed by atoms with van der Waals surface area (Å²) < 4.78 is 0. The Morgan fingerprint density at radius 3 is 2.39 bits per heavy atom. The van der Waals surface area contributed by atoms with Gasteiger partial charge in [-0.1, -0.05) is 31.9 Å². The number of carbonyl (C=O) groups excluding carboxylic acids is 2. The minimum atomic E-state index is -0.274. The second-order valence-electron chi connectivity index (χ2n) is 5.32. The van der Waals surface area contributed by atoms with Crippen LogP contribution in [0.25, 0.3) is 0 Å². The molecule has 1 amide bonds. The van der Waals surface area contributed by atoms with Gasteiger partial charge in [-0.2, -0.15) is 0 Å². The smallest absolute Gasteiger partial charge is 0.230 e. The van der Waals surface area contributed by atoms with Gasteiger partial charge < -0.3 is 5.32 Å². The van der Waals surface area contributed by atoms with Gasteiger partial charge in [0.05, 0.1) is 5.69 Å². The molecule has 0 aliphatic heterocycles. The van der Waals surface area contributed by atoms with Crippen LogP contribution >= 0.6 is 0 Å². The zero-order valence-corrected chi connectivity index (χ0v) is 11.0. The third-order valence-corrected chi connectivity index (χ3v) is 3.81. The van der Waals surface area contributed by atoms with E-state index >= 15 is 0 Å². The van der Waals surface area contributed by atoms with Crippen molar-refractivity contribution in [3.05, 3.63) is 29.8 Å². The Morgan fingerprint density at radius 1 is 1.17 bits per heavy atom. The summed E-state index contributed by atoms with van der Waals surface area (Å²) in [6, 6.07) is 7.17. The SMILES string of the molecule is CC(=O)c1ccccc1NC(=O)C1(C)CCCC1. The third-order valence-electron chi connectivity index (χ3n) is 3.81. The topological polar surface area (TPSA) is 46.2 Å². The lowest BCUT2D eigenvalue weighted by molar-refractivity contribution is -0.124. The summed E-state index contributed by atoms with van der Waals surface area (Å²) in [6.45, 7) is 3.52. The molecule has 1 aromatic rings. The van der Waals surface area contributed by atoms with Crippen LogP contribution in [-0.2, 0) is 4.79 Å². The number of amides is 1. The number of carbonyl (C=O) groups is 2. The molecular weight excluding hydrogens is 226 g/mol. The quantitative estimate of drug-likeness (QED) is 0.829. The molecule has 0 atom stereocenters. The Bertz CT molecular complexity index is 473. The molecule has 0 spiro atoms. The van der Waals surface area contributed by atoms with Gasteiger partial charge in [0, 0.05) is 11.0 Å². The maximum Gasteiger partial charge on any atom is 0.230 e. The minimum absolute atomic E-state index is 0.0255. The van der Waals surface area contributed by atoms with Crippen molar-refractivity contribution in [1.29, 1.82) is 0 Å². The van der Waals surface area contributed by atoms with Gasteiger partial charge in [0.25, 0.3) is 0 Å². The predicted octanol–water partition coefficient (Wildman–Crippen LogP) is 3.41. The zero-order chi connectivity index (χ0) is 13.2. The first-order valence-corrected chi connectivity index (χ1v) is 6.44. The number of rotatable bonds is 3. The van der Waals surface area contributed by atoms with Crippen LogP contribution in [0.3, 0.4) is 0 Å². The molecule has 0 unspecified atom stereocenters. The molecule has 0 aromatic heterocycles. The van der Waals surface area contributed by atoms with Crippen LogP contribution < -0.4 is 5.32 Å². The number of nitrogens with one attached hydrogen (secondary N) is 1. The molecule has 18 heavy (non-hydrogen) atoms. The zero-order valence-electron chi connectivity index (χ0n) is 11.0. The van der Waals surface area contributed by atoms with Gasteiger partial charge in [-0.05, 0) is 31.9 Å². The molecule has 0 saturated heterocycles. The first-order valence-electron chi connectivity index (χ1n) is 6.44. The van der Waals surface area contributed by atoms with Crippen LogP contribution in [0.4, 0.5) is 5.69 Å². The van der Waals surface area contributed by atoms with Gasteiger partial charge in [0.1, 0.15) is 0 Å². The van der Waals surface area contributed by atoms with Crippen LogP contribution in [0.1, 0.15) is 49.9 Å². The first kappa shape index (κ1) is 12.8. The molecule has 1 saturated carbocycles. The Kier molecular flexibility index (Phi) is 3.50. The van der Waals surface area contributed by atoms with Crippen LogP contribution in [0.5, 0.6) is 0 Å². The lowest BCUT2D eigenvalue weighted by atomic mass is 9.87. The number of ketones is 1. The number of benzene rings is 1. The highest BCUT2D eigenvalue weighted by atomic mass is 16.2. The van der Waals surface area contributed by atoms with Crippen molar-refractivity contribution in [3.63, 3.8) is 0 Å². The van der Waals surface area contributed by atoms with Gasteiger partial charge in [-0.3, -0.25) is 9.59 Å². The van der Waals surface area contributed by atoms with Crippen LogP contribution in [-0.4, -0.2) is 11.7 Å². The van der Waals surface area contributed by atoms with Crippen molar-refractivity contribution in [1.82, 2.24) is 0 Å². The van der Waals surface area contributed by atoms with Crippen molar-refractivity contribution in [2.45, 2.75) is 39.5 Å². The predicted molar refractivity (Wildman–Crippen MR) is 71.7 cm³/mol. The summed E-state index contributed by atoms with van der Waals surface area (Å²) in [7, 11) is 0. The lowest BCUT2D eigenvalue weighted by Gasteiger charge is -2.22. The van der Waals surface area contributed by atoms with Gasteiger partial charge >= 0.3 is 0 Å². The average Bonchev–Trinajstić information content (AvgIpc) is 2.78. The van der Waals surface area contributed by atoms with Crippen molar-refractivity contribution < 1.29 is 9.59 Å². The van der Waals surface area contributed by atoms with E-state index in [-0.39, 0.29) is 17.1 Å². The number of hydrogen-bond donors (Lipinski definition) is 1. The van der Waals surface area contributed by atoms with Crippen LogP contribution in [0.15, 0.2) is 24.3 Å². The van der Waals surface area contributed by atoms with E-state index in [1.165, 1.54) is 6.92 Å². The molecule has 1 aliphatic carbocycles. The minimum Gasteiger partial charge on any atom is -0.325 e. The fourth-order valence-corrected chi connectivity index (χ4v) is 2.55. The molecule has 0 heterocycles. The molecule has 3 heteroatoms. The number of Topliss-reactive ketones (excluding diaryl/α,β-unsaturated/α-hetero) is 1. The van der Waals surface area contributed by atoms with E-state index in [1.807, 2.05) is 19.1 Å². The number of para-hydroxylation sites is 1. The molecular formula is C15H19NO2. The molecule has 2 rings (SSSR count). The van der Waals surface area contributed by atoms with Gasteiger partial charge in [-0.15, -0.1) is 0 Å². The van der Waals surface area contributed by atoms with Crippen molar-refractivity contribution in [2.24, 2.45) is 5.41 Å². The van der Waals surface area contributed by atoms with Crippen LogP contribution in [0.2, 0.25) is 0 Å². The van der Waals surface area contributed by atoms with Gasteiger partial charge in [0.2, 0.25) is 5.91 Å². The summed E-state index contributed by atoms with van der Waals surface area (Å²) in [6.07, 6.45) is 4.08. The molecule has 1 aliphatic rings. The largest absolute Gasteiger partial charge is 0.325 e. The molecule has 0 bridgehead atoms. The normalized spacial score (nSPS) is 17.4. The lowest BCUT2D eigenvalue weighted by Crippen LogP contribution is -2.31. The first-order chi connectivity index (χ1) is 8.53. The standard InChI is InChI=1S/C15H19NO2/c1-11(17)12-7-3-4-8-13(12)16-14(18)15(2)9-5-6-10-15/h3-4,7-8H,5-6,9-10H2,1-2H3,(H,16,18). The van der Waals surface area contributed by atoms with E-state index in [2.05, 4.69) is 5.32 Å². The molecule has 3 nitrogen and oxygen atoms in total. The molecule has 0 radical (unpaired) electrons. The van der Waals surface area contributed by atoms with E-state index in [4.69, 9.17) is 0 Å². The molecule has 96 valence electrons. The summed E-state index contributed by atoms with van der Waals surface area (Å²) in [5, 5.41) is 2.91. The summed E-state index contributed by atoms with van der Waals surface area (Å²) in [5.41, 5.74) is 0.930. The monoisotopic (exact) mass is 245 g/mol. The average molecular weight is 245 g/mol. The second-order valence-corrected chi connectivity index (χ2v) is 5.32. The summed E-state index contributed by atoms with van der Waals surface area (Å²) in [4.78, 5) is 23.8. The molecule has 1 aromatic carbocycles. The Labute approximate surface area is 108 Å². The van der Waals surface area contributed by atoms with E-state index in [0.29, 0.717) is 11.3 Å². The van der Waals surface area contributed by atoms with E-state index in [0.717, 1.165) is 25.7 Å². The van der Waals surface area contributed by atoms with Crippen molar-refractivity contribution in [2.75, 3.05) is 5.32 Å². The third kappa shape index (κ3) is 2.45. The highest BCUT2D eigenvalue weighted by Gasteiger charge is 2.36. The van der Waals surface area contributed by atoms with E-state index in [9.17, 15) is 9.59 Å². The van der Waals surface area contributed by atoms with Gasteiger partial charge in [-0.25, -0.2) is 0 Å².